The van der Waals surface area contributed by atoms with Crippen molar-refractivity contribution in [2.75, 3.05) is 0 Å². The standard InChI is InChI=1S/C7H11ClN2O2S/c1-7(2,3)10-5-6(4-9-10)13(8,11)12/h4-5H,1-3H3. The fraction of sp³-hybridized carbons (Fsp3) is 0.571. The Morgan fingerprint density at radius 2 is 2.00 bits per heavy atom. The first-order valence-electron chi connectivity index (χ1n) is 3.71. The molecule has 1 aromatic heterocycles. The smallest absolute Gasteiger partial charge is 0.264 e. The molecule has 0 unspecified atom stereocenters. The van der Waals surface area contributed by atoms with Gasteiger partial charge in [-0.15, -0.1) is 0 Å². The molecule has 0 N–H and O–H groups in total. The first-order valence-corrected chi connectivity index (χ1v) is 6.02. The van der Waals surface area contributed by atoms with E-state index in [0.29, 0.717) is 0 Å². The van der Waals surface area contributed by atoms with Gasteiger partial charge < -0.3 is 0 Å². The minimum absolute atomic E-state index is 0.0316. The van der Waals surface area contributed by atoms with E-state index in [1.165, 1.54) is 12.4 Å². The summed E-state index contributed by atoms with van der Waals surface area (Å²) in [6, 6.07) is 0. The molecule has 0 atom stereocenters. The number of halogens is 1. The lowest BCUT2D eigenvalue weighted by Crippen LogP contribution is -2.21. The maximum atomic E-state index is 10.9. The van der Waals surface area contributed by atoms with Crippen molar-refractivity contribution in [3.05, 3.63) is 12.4 Å². The third kappa shape index (κ3) is 2.45. The molecule has 6 heteroatoms. The Hall–Kier alpha value is -0.550. The molecular weight excluding hydrogens is 212 g/mol. The van der Waals surface area contributed by atoms with Gasteiger partial charge in [-0.25, -0.2) is 8.42 Å². The summed E-state index contributed by atoms with van der Waals surface area (Å²) in [6.07, 6.45) is 2.66. The summed E-state index contributed by atoms with van der Waals surface area (Å²) in [5.41, 5.74) is -0.236. The van der Waals surface area contributed by atoms with Gasteiger partial charge in [-0.3, -0.25) is 4.68 Å². The van der Waals surface area contributed by atoms with Gasteiger partial charge in [0.05, 0.1) is 11.7 Å². The normalized spacial score (nSPS) is 13.2. The Bertz CT molecular complexity index is 402. The van der Waals surface area contributed by atoms with Crippen LogP contribution in [0.5, 0.6) is 0 Å². The maximum Gasteiger partial charge on any atom is 0.264 e. The van der Waals surface area contributed by atoms with Crippen molar-refractivity contribution in [2.45, 2.75) is 31.2 Å². The summed E-state index contributed by atoms with van der Waals surface area (Å²) in [6.45, 7) is 5.76. The predicted molar refractivity (Wildman–Crippen MR) is 50.3 cm³/mol. The Morgan fingerprint density at radius 1 is 1.46 bits per heavy atom. The van der Waals surface area contributed by atoms with Gasteiger partial charge in [0.25, 0.3) is 9.05 Å². The minimum atomic E-state index is -3.65. The van der Waals surface area contributed by atoms with E-state index in [0.717, 1.165) is 0 Å². The van der Waals surface area contributed by atoms with Crippen LogP contribution in [0.3, 0.4) is 0 Å². The van der Waals surface area contributed by atoms with Gasteiger partial charge in [0.15, 0.2) is 0 Å². The topological polar surface area (TPSA) is 52.0 Å². The van der Waals surface area contributed by atoms with Crippen molar-refractivity contribution < 1.29 is 8.42 Å². The Kier molecular flexibility index (Phi) is 2.42. The average molecular weight is 223 g/mol. The fourth-order valence-electron chi connectivity index (χ4n) is 0.799. The van der Waals surface area contributed by atoms with E-state index in [1.54, 1.807) is 4.68 Å². The number of aromatic nitrogens is 2. The molecule has 0 bridgehead atoms. The highest BCUT2D eigenvalue weighted by molar-refractivity contribution is 8.13. The number of nitrogens with zero attached hydrogens (tertiary/aromatic N) is 2. The third-order valence-corrected chi connectivity index (χ3v) is 2.84. The van der Waals surface area contributed by atoms with E-state index in [4.69, 9.17) is 10.7 Å². The first kappa shape index (κ1) is 10.5. The van der Waals surface area contributed by atoms with E-state index in [1.807, 2.05) is 20.8 Å². The van der Waals surface area contributed by atoms with Crippen LogP contribution in [0.1, 0.15) is 20.8 Å². The Balaban J connectivity index is 3.16. The zero-order chi connectivity index (χ0) is 10.3. The molecule has 1 heterocycles. The second-order valence-electron chi connectivity index (χ2n) is 3.73. The molecule has 0 amide bonds. The highest BCUT2D eigenvalue weighted by atomic mass is 35.7. The zero-order valence-corrected chi connectivity index (χ0v) is 9.22. The molecule has 1 aromatic rings. The lowest BCUT2D eigenvalue weighted by Gasteiger charge is -2.18. The van der Waals surface area contributed by atoms with Crippen LogP contribution < -0.4 is 0 Å². The van der Waals surface area contributed by atoms with Gasteiger partial charge in [-0.05, 0) is 20.8 Å². The van der Waals surface area contributed by atoms with E-state index < -0.39 is 9.05 Å². The van der Waals surface area contributed by atoms with Crippen molar-refractivity contribution in [1.29, 1.82) is 0 Å². The second-order valence-corrected chi connectivity index (χ2v) is 6.30. The van der Waals surface area contributed by atoms with Crippen LogP contribution in [0.15, 0.2) is 17.3 Å². The van der Waals surface area contributed by atoms with Crippen molar-refractivity contribution in [1.82, 2.24) is 9.78 Å². The van der Waals surface area contributed by atoms with Crippen LogP contribution in [-0.2, 0) is 14.6 Å². The summed E-state index contributed by atoms with van der Waals surface area (Å²) < 4.78 is 23.3. The van der Waals surface area contributed by atoms with E-state index in [2.05, 4.69) is 5.10 Å². The third-order valence-electron chi connectivity index (χ3n) is 1.53. The highest BCUT2D eigenvalue weighted by Gasteiger charge is 2.18. The van der Waals surface area contributed by atoms with Crippen LogP contribution in [0.2, 0.25) is 0 Å². The summed E-state index contributed by atoms with van der Waals surface area (Å²) in [5.74, 6) is 0. The molecule has 0 saturated heterocycles. The molecule has 1 rings (SSSR count). The molecule has 0 aliphatic rings. The van der Waals surface area contributed by atoms with E-state index in [9.17, 15) is 8.42 Å². The Labute approximate surface area is 81.9 Å². The maximum absolute atomic E-state index is 10.9. The molecule has 0 fully saturated rings. The van der Waals surface area contributed by atoms with Gasteiger partial charge in [-0.2, -0.15) is 5.10 Å². The van der Waals surface area contributed by atoms with Gasteiger partial charge in [-0.1, -0.05) is 0 Å². The molecule has 74 valence electrons. The molecule has 0 aliphatic carbocycles. The summed E-state index contributed by atoms with van der Waals surface area (Å²) >= 11 is 0. The van der Waals surface area contributed by atoms with E-state index in [-0.39, 0.29) is 10.4 Å². The van der Waals surface area contributed by atoms with Gasteiger partial charge >= 0.3 is 0 Å². The fourth-order valence-corrected chi connectivity index (χ4v) is 1.44. The first-order chi connectivity index (χ1) is 5.71. The van der Waals surface area contributed by atoms with Crippen molar-refractivity contribution >= 4 is 19.7 Å². The number of hydrogen-bond donors (Lipinski definition) is 0. The van der Waals surface area contributed by atoms with Crippen LogP contribution in [0, 0.1) is 0 Å². The predicted octanol–water partition coefficient (Wildman–Crippen LogP) is 1.57. The molecule has 0 aromatic carbocycles. The highest BCUT2D eigenvalue weighted by Crippen LogP contribution is 2.18. The van der Waals surface area contributed by atoms with Crippen LogP contribution in [0.4, 0.5) is 0 Å². The lowest BCUT2D eigenvalue weighted by molar-refractivity contribution is 0.355. The van der Waals surface area contributed by atoms with E-state index >= 15 is 0 Å². The monoisotopic (exact) mass is 222 g/mol. The van der Waals surface area contributed by atoms with Crippen molar-refractivity contribution in [3.63, 3.8) is 0 Å². The molecule has 13 heavy (non-hydrogen) atoms. The zero-order valence-electron chi connectivity index (χ0n) is 7.65. The molecule has 0 aliphatic heterocycles. The summed E-state index contributed by atoms with van der Waals surface area (Å²) in [4.78, 5) is 0.0316. The van der Waals surface area contributed by atoms with Gasteiger partial charge in [0.1, 0.15) is 4.90 Å². The Morgan fingerprint density at radius 3 is 2.23 bits per heavy atom. The number of hydrogen-bond acceptors (Lipinski definition) is 3. The summed E-state index contributed by atoms with van der Waals surface area (Å²) in [5, 5.41) is 3.91. The van der Waals surface area contributed by atoms with Crippen LogP contribution in [-0.4, -0.2) is 18.2 Å². The molecule has 0 radical (unpaired) electrons. The van der Waals surface area contributed by atoms with Crippen molar-refractivity contribution in [2.24, 2.45) is 0 Å². The quantitative estimate of drug-likeness (QED) is 0.678. The SMILES string of the molecule is CC(C)(C)n1cc(S(=O)(=O)Cl)cn1. The second kappa shape index (κ2) is 2.99. The molecule has 0 saturated carbocycles. The van der Waals surface area contributed by atoms with Crippen LogP contribution in [0.25, 0.3) is 0 Å². The molecule has 4 nitrogen and oxygen atoms in total. The average Bonchev–Trinajstić information content (AvgIpc) is 2.28. The van der Waals surface area contributed by atoms with Gasteiger partial charge in [0, 0.05) is 16.9 Å². The number of rotatable bonds is 1. The largest absolute Gasteiger partial charge is 0.266 e. The summed E-state index contributed by atoms with van der Waals surface area (Å²) in [7, 11) is 1.49. The van der Waals surface area contributed by atoms with Crippen LogP contribution >= 0.6 is 10.7 Å². The minimum Gasteiger partial charge on any atom is -0.266 e. The van der Waals surface area contributed by atoms with Crippen molar-refractivity contribution in [3.8, 4) is 0 Å². The molecule has 0 spiro atoms. The molecular formula is C7H11ClN2O2S. The lowest BCUT2D eigenvalue weighted by atomic mass is 10.1. The van der Waals surface area contributed by atoms with Gasteiger partial charge in [0.2, 0.25) is 0 Å².